The van der Waals surface area contributed by atoms with Crippen molar-refractivity contribution in [2.45, 2.75) is 38.1 Å². The molecule has 10 heteroatoms. The maximum absolute atomic E-state index is 13.1. The molecular formula is C23H28N4O4S2. The summed E-state index contributed by atoms with van der Waals surface area (Å²) in [4.78, 5) is 20.1. The highest BCUT2D eigenvalue weighted by atomic mass is 32.2. The monoisotopic (exact) mass is 488 g/mol. The first kappa shape index (κ1) is 23.5. The second kappa shape index (κ2) is 9.28. The van der Waals surface area contributed by atoms with Crippen LogP contribution in [-0.4, -0.2) is 49.0 Å². The molecule has 0 spiro atoms. The molecule has 0 saturated carbocycles. The highest BCUT2D eigenvalue weighted by Gasteiger charge is 2.27. The van der Waals surface area contributed by atoms with Crippen LogP contribution >= 0.6 is 11.3 Å². The van der Waals surface area contributed by atoms with Gasteiger partial charge in [-0.1, -0.05) is 12.1 Å². The minimum Gasteiger partial charge on any atom is -0.497 e. The summed E-state index contributed by atoms with van der Waals surface area (Å²) in [5, 5.41) is 0.636. The zero-order valence-corrected chi connectivity index (χ0v) is 20.8. The standard InChI is InChI=1S/C23H28N4O4S2/c1-15-21(23(28)27-11-5-6-12-27)32-22(25-15)19-13-20(16(2)26(19)3)33(29,30)24-14-17-7-9-18(31-4)10-8-17/h7-10,13,24H,5-6,11-12,14H2,1-4H3. The van der Waals surface area contributed by atoms with Gasteiger partial charge in [0.25, 0.3) is 5.91 Å². The number of hydrogen-bond donors (Lipinski definition) is 1. The number of aromatic nitrogens is 2. The number of carbonyl (C=O) groups excluding carboxylic acids is 1. The number of benzene rings is 1. The van der Waals surface area contributed by atoms with Crippen LogP contribution in [0.1, 0.15) is 39.5 Å². The maximum Gasteiger partial charge on any atom is 0.265 e. The van der Waals surface area contributed by atoms with Crippen molar-refractivity contribution in [1.29, 1.82) is 0 Å². The Balaban J connectivity index is 1.58. The second-order valence-corrected chi connectivity index (χ2v) is 10.9. The number of rotatable bonds is 7. The molecule has 1 amide bonds. The number of hydrogen-bond acceptors (Lipinski definition) is 6. The van der Waals surface area contributed by atoms with E-state index in [9.17, 15) is 13.2 Å². The smallest absolute Gasteiger partial charge is 0.265 e. The van der Waals surface area contributed by atoms with Gasteiger partial charge in [-0.3, -0.25) is 4.79 Å². The van der Waals surface area contributed by atoms with Crippen LogP contribution in [0.25, 0.3) is 10.7 Å². The van der Waals surface area contributed by atoms with Crippen molar-refractivity contribution in [2.24, 2.45) is 7.05 Å². The summed E-state index contributed by atoms with van der Waals surface area (Å²) < 4.78 is 35.8. The molecule has 176 valence electrons. The summed E-state index contributed by atoms with van der Waals surface area (Å²) in [6.45, 7) is 5.31. The van der Waals surface area contributed by atoms with E-state index in [2.05, 4.69) is 9.71 Å². The summed E-state index contributed by atoms with van der Waals surface area (Å²) in [7, 11) is -0.350. The largest absolute Gasteiger partial charge is 0.497 e. The molecule has 0 radical (unpaired) electrons. The van der Waals surface area contributed by atoms with E-state index in [0.29, 0.717) is 32.7 Å². The number of nitrogens with zero attached hydrogens (tertiary/aromatic N) is 3. The number of nitrogens with one attached hydrogen (secondary N) is 1. The molecule has 3 aromatic rings. The quantitative estimate of drug-likeness (QED) is 0.550. The van der Waals surface area contributed by atoms with E-state index in [0.717, 1.165) is 31.5 Å². The maximum atomic E-state index is 13.1. The fourth-order valence-corrected chi connectivity index (χ4v) is 6.31. The van der Waals surface area contributed by atoms with Crippen molar-refractivity contribution in [3.63, 3.8) is 0 Å². The van der Waals surface area contributed by atoms with E-state index in [1.165, 1.54) is 11.3 Å². The molecule has 0 unspecified atom stereocenters. The highest BCUT2D eigenvalue weighted by molar-refractivity contribution is 7.89. The number of sulfonamides is 1. The zero-order valence-electron chi connectivity index (χ0n) is 19.2. The predicted octanol–water partition coefficient (Wildman–Crippen LogP) is 3.49. The van der Waals surface area contributed by atoms with E-state index >= 15 is 0 Å². The average Bonchev–Trinajstić information content (AvgIpc) is 3.53. The van der Waals surface area contributed by atoms with E-state index in [1.54, 1.807) is 32.2 Å². The van der Waals surface area contributed by atoms with Gasteiger partial charge >= 0.3 is 0 Å². The second-order valence-electron chi connectivity index (χ2n) is 8.14. The van der Waals surface area contributed by atoms with Gasteiger partial charge < -0.3 is 14.2 Å². The molecule has 1 aliphatic heterocycles. The third-order valence-corrected chi connectivity index (χ3v) is 8.69. The lowest BCUT2D eigenvalue weighted by atomic mass is 10.2. The van der Waals surface area contributed by atoms with E-state index < -0.39 is 10.0 Å². The Hall–Kier alpha value is -2.69. The summed E-state index contributed by atoms with van der Waals surface area (Å²) in [5.74, 6) is 0.722. The number of carbonyl (C=O) groups is 1. The van der Waals surface area contributed by atoms with Crippen molar-refractivity contribution in [3.05, 3.63) is 52.2 Å². The molecule has 1 aliphatic rings. The molecule has 1 N–H and O–H groups in total. The number of thiazole rings is 1. The molecule has 8 nitrogen and oxygen atoms in total. The van der Waals surface area contributed by atoms with Crippen LogP contribution in [0.4, 0.5) is 0 Å². The topological polar surface area (TPSA) is 93.5 Å². The summed E-state index contributed by atoms with van der Waals surface area (Å²) in [6.07, 6.45) is 2.05. The van der Waals surface area contributed by atoms with Gasteiger partial charge in [-0.05, 0) is 50.5 Å². The van der Waals surface area contributed by atoms with Crippen LogP contribution in [0, 0.1) is 13.8 Å². The van der Waals surface area contributed by atoms with Gasteiger partial charge in [0.15, 0.2) is 0 Å². The molecule has 3 heterocycles. The molecule has 2 aromatic heterocycles. The van der Waals surface area contributed by atoms with Gasteiger partial charge in [0.05, 0.1) is 18.5 Å². The number of aryl methyl sites for hydroxylation is 1. The van der Waals surface area contributed by atoms with E-state index in [-0.39, 0.29) is 17.3 Å². The normalized spacial score (nSPS) is 14.1. The molecule has 33 heavy (non-hydrogen) atoms. The molecule has 1 aromatic carbocycles. The van der Waals surface area contributed by atoms with Crippen molar-refractivity contribution in [1.82, 2.24) is 19.2 Å². The van der Waals surface area contributed by atoms with Gasteiger partial charge in [-0.15, -0.1) is 11.3 Å². The van der Waals surface area contributed by atoms with Gasteiger partial charge in [-0.25, -0.2) is 18.1 Å². The SMILES string of the molecule is COc1ccc(CNS(=O)(=O)c2cc(-c3nc(C)c(C(=O)N4CCCC4)s3)n(C)c2C)cc1. The molecule has 0 aliphatic carbocycles. The Morgan fingerprint density at radius 3 is 2.48 bits per heavy atom. The fraction of sp³-hybridized carbons (Fsp3) is 0.391. The van der Waals surface area contributed by atoms with E-state index in [1.807, 2.05) is 35.6 Å². The van der Waals surface area contributed by atoms with Crippen LogP contribution in [-0.2, 0) is 23.6 Å². The van der Waals surface area contributed by atoms with Crippen LogP contribution in [0.2, 0.25) is 0 Å². The van der Waals surface area contributed by atoms with Crippen LogP contribution in [0.5, 0.6) is 5.75 Å². The number of methoxy groups -OCH3 is 1. The number of amides is 1. The Morgan fingerprint density at radius 2 is 1.85 bits per heavy atom. The summed E-state index contributed by atoms with van der Waals surface area (Å²) >= 11 is 1.32. The van der Waals surface area contributed by atoms with Crippen molar-refractivity contribution < 1.29 is 17.9 Å². The minimum absolute atomic E-state index is 0.00804. The predicted molar refractivity (Wildman–Crippen MR) is 128 cm³/mol. The lowest BCUT2D eigenvalue weighted by Crippen LogP contribution is -2.27. The van der Waals surface area contributed by atoms with Crippen LogP contribution < -0.4 is 9.46 Å². The average molecular weight is 489 g/mol. The highest BCUT2D eigenvalue weighted by Crippen LogP contribution is 2.33. The van der Waals surface area contributed by atoms with Crippen LogP contribution in [0.3, 0.4) is 0 Å². The van der Waals surface area contributed by atoms with E-state index in [4.69, 9.17) is 4.74 Å². The summed E-state index contributed by atoms with van der Waals surface area (Å²) in [5.41, 5.74) is 2.78. The molecule has 0 bridgehead atoms. The van der Waals surface area contributed by atoms with Crippen LogP contribution in [0.15, 0.2) is 35.2 Å². The number of ether oxygens (including phenoxy) is 1. The van der Waals surface area contributed by atoms with Gasteiger partial charge in [0.2, 0.25) is 10.0 Å². The lowest BCUT2D eigenvalue weighted by Gasteiger charge is -2.13. The van der Waals surface area contributed by atoms with Gasteiger partial charge in [0, 0.05) is 32.4 Å². The minimum atomic E-state index is -3.75. The van der Waals surface area contributed by atoms with Crippen molar-refractivity contribution >= 4 is 27.3 Å². The molecule has 4 rings (SSSR count). The fourth-order valence-electron chi connectivity index (χ4n) is 3.92. The van der Waals surface area contributed by atoms with Crippen molar-refractivity contribution in [3.8, 4) is 16.5 Å². The Labute approximate surface area is 198 Å². The first-order valence-electron chi connectivity index (χ1n) is 10.8. The van der Waals surface area contributed by atoms with Gasteiger partial charge in [0.1, 0.15) is 20.5 Å². The third kappa shape index (κ3) is 4.68. The molecule has 1 saturated heterocycles. The number of likely N-dealkylation sites (tertiary alicyclic amines) is 1. The molecule has 0 atom stereocenters. The Kier molecular flexibility index (Phi) is 6.60. The van der Waals surface area contributed by atoms with Crippen molar-refractivity contribution in [2.75, 3.05) is 20.2 Å². The Bertz CT molecular complexity index is 1270. The molecular weight excluding hydrogens is 460 g/mol. The Morgan fingerprint density at radius 1 is 1.18 bits per heavy atom. The molecule has 1 fully saturated rings. The zero-order chi connectivity index (χ0) is 23.8. The van der Waals surface area contributed by atoms with Gasteiger partial charge in [-0.2, -0.15) is 0 Å². The first-order chi connectivity index (χ1) is 15.7. The summed E-state index contributed by atoms with van der Waals surface area (Å²) in [6, 6.07) is 8.86. The third-order valence-electron chi connectivity index (χ3n) is 6.01. The lowest BCUT2D eigenvalue weighted by molar-refractivity contribution is 0.0796. The first-order valence-corrected chi connectivity index (χ1v) is 13.1.